The first-order chi connectivity index (χ1) is 17.8. The zero-order valence-electron chi connectivity index (χ0n) is 21.8. The number of likely N-dealkylation sites (N-methyl/N-ethyl adjacent to an activating group) is 2. The molecule has 0 fully saturated rings. The van der Waals surface area contributed by atoms with Gasteiger partial charge in [-0.05, 0) is 33.0 Å². The standard InChI is InChI=1S/C26H35FN8O2/c1-5-13-30-25-20(18-31-26(33-25)32-21-12-15-28-22(27)17-21)10-7-6-8-14-29-23(36)19-35(4)24(37)11-9-16-34(2)3/h9,11-12,15,17-18H,5-6,8,13-14,16,19H2,1-4H3,(H,29,36)(H2,28,30,31,32,33)/b11-9+. The minimum atomic E-state index is -0.596. The molecule has 0 aliphatic rings. The number of nitrogens with one attached hydrogen (secondary N) is 3. The maximum Gasteiger partial charge on any atom is 0.246 e. The number of carbonyl (C=O) groups is 2. The Balaban J connectivity index is 1.83. The number of hydrogen-bond acceptors (Lipinski definition) is 8. The van der Waals surface area contributed by atoms with Crippen molar-refractivity contribution in [2.75, 3.05) is 58.0 Å². The van der Waals surface area contributed by atoms with Crippen LogP contribution in [-0.2, 0) is 9.59 Å². The molecule has 37 heavy (non-hydrogen) atoms. The normalized spacial score (nSPS) is 10.6. The van der Waals surface area contributed by atoms with Gasteiger partial charge in [0, 0.05) is 57.1 Å². The molecule has 0 saturated heterocycles. The first-order valence-corrected chi connectivity index (χ1v) is 12.1. The van der Waals surface area contributed by atoms with Crippen LogP contribution in [0.4, 0.5) is 21.8 Å². The maximum absolute atomic E-state index is 13.3. The fraction of sp³-hybridized carbons (Fsp3) is 0.423. The molecule has 3 N–H and O–H groups in total. The van der Waals surface area contributed by atoms with E-state index in [1.807, 2.05) is 25.9 Å². The zero-order valence-corrected chi connectivity index (χ0v) is 21.8. The number of pyridine rings is 1. The van der Waals surface area contributed by atoms with E-state index in [-0.39, 0.29) is 18.4 Å². The van der Waals surface area contributed by atoms with Crippen molar-refractivity contribution in [1.29, 1.82) is 0 Å². The first kappa shape index (κ1) is 29.2. The lowest BCUT2D eigenvalue weighted by Crippen LogP contribution is -2.38. The fourth-order valence-corrected chi connectivity index (χ4v) is 2.92. The van der Waals surface area contributed by atoms with Crippen LogP contribution in [-0.4, -0.2) is 83.9 Å². The van der Waals surface area contributed by atoms with Crippen LogP contribution in [0.1, 0.15) is 31.7 Å². The highest BCUT2D eigenvalue weighted by atomic mass is 19.1. The lowest BCUT2D eigenvalue weighted by Gasteiger charge is -2.14. The number of anilines is 3. The van der Waals surface area contributed by atoms with Crippen molar-refractivity contribution in [1.82, 2.24) is 30.1 Å². The molecule has 2 heterocycles. The van der Waals surface area contributed by atoms with Crippen LogP contribution in [0.5, 0.6) is 0 Å². The molecule has 0 saturated carbocycles. The Hall–Kier alpha value is -4.04. The Kier molecular flexibility index (Phi) is 12.5. The van der Waals surface area contributed by atoms with Crippen LogP contribution in [0.15, 0.2) is 36.7 Å². The third-order valence-corrected chi connectivity index (χ3v) is 4.83. The number of halogens is 1. The molecular formula is C26H35FN8O2. The maximum atomic E-state index is 13.3. The molecule has 0 unspecified atom stereocenters. The average molecular weight is 511 g/mol. The summed E-state index contributed by atoms with van der Waals surface area (Å²) in [6, 6.07) is 2.88. The van der Waals surface area contributed by atoms with Crippen LogP contribution < -0.4 is 16.0 Å². The Bertz CT molecular complexity index is 1130. The molecule has 2 aromatic rings. The lowest BCUT2D eigenvalue weighted by molar-refractivity contribution is -0.131. The Morgan fingerprint density at radius 2 is 2.00 bits per heavy atom. The van der Waals surface area contributed by atoms with Crippen LogP contribution in [0.3, 0.4) is 0 Å². The van der Waals surface area contributed by atoms with Gasteiger partial charge in [-0.25, -0.2) is 9.97 Å². The van der Waals surface area contributed by atoms with Crippen molar-refractivity contribution in [2.24, 2.45) is 0 Å². The molecule has 2 aromatic heterocycles. The Labute approximate surface area is 217 Å². The molecule has 0 bridgehead atoms. The number of rotatable bonds is 13. The van der Waals surface area contributed by atoms with Crippen LogP contribution >= 0.6 is 0 Å². The van der Waals surface area contributed by atoms with E-state index in [0.717, 1.165) is 6.42 Å². The van der Waals surface area contributed by atoms with E-state index in [2.05, 4.69) is 42.7 Å². The minimum absolute atomic E-state index is 0.00681. The van der Waals surface area contributed by atoms with E-state index >= 15 is 0 Å². The molecule has 11 heteroatoms. The Morgan fingerprint density at radius 1 is 1.19 bits per heavy atom. The number of unbranched alkanes of at least 4 members (excludes halogenated alkanes) is 1. The molecule has 0 aliphatic carbocycles. The summed E-state index contributed by atoms with van der Waals surface area (Å²) in [7, 11) is 5.42. The molecule has 0 aromatic carbocycles. The second-order valence-electron chi connectivity index (χ2n) is 8.49. The van der Waals surface area contributed by atoms with E-state index in [0.29, 0.717) is 55.5 Å². The summed E-state index contributed by atoms with van der Waals surface area (Å²) in [4.78, 5) is 39.7. The highest BCUT2D eigenvalue weighted by molar-refractivity contribution is 5.91. The van der Waals surface area contributed by atoms with Gasteiger partial charge in [-0.2, -0.15) is 9.37 Å². The quantitative estimate of drug-likeness (QED) is 0.163. The SMILES string of the molecule is CCCNc1nc(Nc2ccnc(F)c2)ncc1C#CCCCNC(=O)CN(C)C(=O)/C=C/CN(C)C. The molecule has 198 valence electrons. The van der Waals surface area contributed by atoms with E-state index < -0.39 is 5.95 Å². The third-order valence-electron chi connectivity index (χ3n) is 4.83. The van der Waals surface area contributed by atoms with Crippen molar-refractivity contribution >= 4 is 29.3 Å². The van der Waals surface area contributed by atoms with Gasteiger partial charge in [0.25, 0.3) is 0 Å². The zero-order chi connectivity index (χ0) is 27.0. The van der Waals surface area contributed by atoms with Crippen molar-refractivity contribution in [2.45, 2.75) is 26.2 Å². The summed E-state index contributed by atoms with van der Waals surface area (Å²) in [6.07, 6.45) is 8.32. The van der Waals surface area contributed by atoms with Crippen molar-refractivity contribution < 1.29 is 14.0 Å². The molecule has 0 aliphatic heterocycles. The second kappa shape index (κ2) is 15.9. The van der Waals surface area contributed by atoms with Crippen molar-refractivity contribution in [3.8, 4) is 11.8 Å². The summed E-state index contributed by atoms with van der Waals surface area (Å²) in [5.74, 6) is 6.02. The summed E-state index contributed by atoms with van der Waals surface area (Å²) in [6.45, 7) is 3.86. The number of amides is 2. The molecule has 0 spiro atoms. The molecular weight excluding hydrogens is 475 g/mol. The second-order valence-corrected chi connectivity index (χ2v) is 8.49. The summed E-state index contributed by atoms with van der Waals surface area (Å²) >= 11 is 0. The number of hydrogen-bond donors (Lipinski definition) is 3. The molecule has 2 rings (SSSR count). The van der Waals surface area contributed by atoms with Gasteiger partial charge in [0.2, 0.25) is 23.7 Å². The van der Waals surface area contributed by atoms with Gasteiger partial charge in [-0.15, -0.1) is 0 Å². The van der Waals surface area contributed by atoms with Gasteiger partial charge in [-0.3, -0.25) is 9.59 Å². The van der Waals surface area contributed by atoms with Crippen LogP contribution in [0, 0.1) is 17.8 Å². The largest absolute Gasteiger partial charge is 0.369 e. The average Bonchev–Trinajstić information content (AvgIpc) is 2.85. The monoisotopic (exact) mass is 510 g/mol. The highest BCUT2D eigenvalue weighted by Gasteiger charge is 2.10. The number of aromatic nitrogens is 3. The number of carbonyl (C=O) groups excluding carboxylic acids is 2. The Morgan fingerprint density at radius 3 is 2.73 bits per heavy atom. The van der Waals surface area contributed by atoms with Crippen LogP contribution in [0.25, 0.3) is 0 Å². The lowest BCUT2D eigenvalue weighted by atomic mass is 10.2. The van der Waals surface area contributed by atoms with Gasteiger partial charge in [-0.1, -0.05) is 24.8 Å². The molecule has 10 nitrogen and oxygen atoms in total. The van der Waals surface area contributed by atoms with Crippen molar-refractivity contribution in [3.05, 3.63) is 48.2 Å². The van der Waals surface area contributed by atoms with Crippen molar-refractivity contribution in [3.63, 3.8) is 0 Å². The summed E-state index contributed by atoms with van der Waals surface area (Å²) in [5.41, 5.74) is 1.14. The third kappa shape index (κ3) is 11.5. The van der Waals surface area contributed by atoms with E-state index in [9.17, 15) is 14.0 Å². The topological polar surface area (TPSA) is 115 Å². The van der Waals surface area contributed by atoms with Crippen LogP contribution in [0.2, 0.25) is 0 Å². The summed E-state index contributed by atoms with van der Waals surface area (Å²) < 4.78 is 13.3. The summed E-state index contributed by atoms with van der Waals surface area (Å²) in [5, 5.41) is 9.00. The van der Waals surface area contributed by atoms with E-state index in [1.165, 1.54) is 23.2 Å². The number of nitrogens with zero attached hydrogens (tertiary/aromatic N) is 5. The first-order valence-electron chi connectivity index (χ1n) is 12.1. The highest BCUT2D eigenvalue weighted by Crippen LogP contribution is 2.17. The molecule has 0 radical (unpaired) electrons. The van der Waals surface area contributed by atoms with Gasteiger partial charge in [0.05, 0.1) is 18.3 Å². The predicted octanol–water partition coefficient (Wildman–Crippen LogP) is 2.40. The predicted molar refractivity (Wildman–Crippen MR) is 143 cm³/mol. The smallest absolute Gasteiger partial charge is 0.246 e. The van der Waals surface area contributed by atoms with Gasteiger partial charge in [0.15, 0.2) is 0 Å². The van der Waals surface area contributed by atoms with E-state index in [1.54, 1.807) is 25.4 Å². The van der Waals surface area contributed by atoms with Gasteiger partial charge in [0.1, 0.15) is 5.82 Å². The minimum Gasteiger partial charge on any atom is -0.369 e. The van der Waals surface area contributed by atoms with E-state index in [4.69, 9.17) is 0 Å². The van der Waals surface area contributed by atoms with Gasteiger partial charge < -0.3 is 25.8 Å². The fourth-order valence-electron chi connectivity index (χ4n) is 2.92. The molecule has 2 amide bonds. The molecule has 0 atom stereocenters. The van der Waals surface area contributed by atoms with Gasteiger partial charge >= 0.3 is 0 Å².